The number of aromatic amines is 1. The molecule has 0 bridgehead atoms. The molecule has 0 spiro atoms. The van der Waals surface area contributed by atoms with E-state index in [9.17, 15) is 4.79 Å². The number of pyridine rings is 1. The molecule has 7 heteroatoms. The number of carbonyl (C=O) groups excluding carboxylic acids is 1. The van der Waals surface area contributed by atoms with Gasteiger partial charge in [0.05, 0.1) is 6.54 Å². The number of hydrogen-bond acceptors (Lipinski definition) is 5. The summed E-state index contributed by atoms with van der Waals surface area (Å²) < 4.78 is 0. The fraction of sp³-hybridized carbons (Fsp3) is 0.333. The Morgan fingerprint density at radius 3 is 3.00 bits per heavy atom. The van der Waals surface area contributed by atoms with Gasteiger partial charge < -0.3 is 11.1 Å². The van der Waals surface area contributed by atoms with Crippen LogP contribution in [0.5, 0.6) is 0 Å². The van der Waals surface area contributed by atoms with Crippen molar-refractivity contribution < 1.29 is 4.79 Å². The second-order valence-electron chi connectivity index (χ2n) is 4.14. The van der Waals surface area contributed by atoms with Crippen LogP contribution in [0.25, 0.3) is 0 Å². The molecule has 19 heavy (non-hydrogen) atoms. The van der Waals surface area contributed by atoms with Gasteiger partial charge in [-0.15, -0.1) is 0 Å². The molecule has 4 N–H and O–H groups in total. The highest BCUT2D eigenvalue weighted by Crippen LogP contribution is 2.09. The molecule has 1 amide bonds. The quantitative estimate of drug-likeness (QED) is 0.731. The molecule has 2 aromatic heterocycles. The van der Waals surface area contributed by atoms with E-state index in [1.54, 1.807) is 12.1 Å². The number of aromatic nitrogens is 4. The van der Waals surface area contributed by atoms with E-state index in [2.05, 4.69) is 32.4 Å². The lowest BCUT2D eigenvalue weighted by molar-refractivity contribution is 0.0949. The van der Waals surface area contributed by atoms with E-state index < -0.39 is 0 Å². The highest BCUT2D eigenvalue weighted by molar-refractivity contribution is 5.94. The minimum absolute atomic E-state index is 0.206. The number of carbonyl (C=O) groups is 1. The summed E-state index contributed by atoms with van der Waals surface area (Å²) in [4.78, 5) is 20.1. The zero-order chi connectivity index (χ0) is 13.7. The predicted molar refractivity (Wildman–Crippen MR) is 70.2 cm³/mol. The van der Waals surface area contributed by atoms with Crippen molar-refractivity contribution in [3.63, 3.8) is 0 Å². The number of anilines is 1. The second kappa shape index (κ2) is 5.94. The van der Waals surface area contributed by atoms with Crippen LogP contribution in [0.15, 0.2) is 18.5 Å². The van der Waals surface area contributed by atoms with Gasteiger partial charge in [0.1, 0.15) is 18.0 Å². The number of nitrogen functional groups attached to an aromatic ring is 1. The fourth-order valence-electron chi connectivity index (χ4n) is 1.71. The predicted octanol–water partition coefficient (Wildman–Crippen LogP) is 0.664. The van der Waals surface area contributed by atoms with Gasteiger partial charge in [0.2, 0.25) is 0 Å². The van der Waals surface area contributed by atoms with Crippen molar-refractivity contribution >= 4 is 11.7 Å². The lowest BCUT2D eigenvalue weighted by atomic mass is 10.1. The van der Waals surface area contributed by atoms with Crippen molar-refractivity contribution in [2.45, 2.75) is 26.3 Å². The molecule has 0 atom stereocenters. The largest absolute Gasteiger partial charge is 0.384 e. The maximum Gasteiger partial charge on any atom is 0.251 e. The van der Waals surface area contributed by atoms with E-state index in [0.717, 1.165) is 18.5 Å². The van der Waals surface area contributed by atoms with Gasteiger partial charge in [-0.2, -0.15) is 5.10 Å². The number of hydrogen-bond donors (Lipinski definition) is 3. The van der Waals surface area contributed by atoms with E-state index in [4.69, 9.17) is 5.73 Å². The summed E-state index contributed by atoms with van der Waals surface area (Å²) in [6, 6.07) is 3.32. The molecule has 0 aliphatic heterocycles. The molecule has 0 aromatic carbocycles. The van der Waals surface area contributed by atoms with Gasteiger partial charge in [-0.05, 0) is 18.6 Å². The Morgan fingerprint density at radius 2 is 2.32 bits per heavy atom. The molecule has 0 fully saturated rings. The third-order valence-corrected chi connectivity index (χ3v) is 2.55. The van der Waals surface area contributed by atoms with Gasteiger partial charge >= 0.3 is 0 Å². The van der Waals surface area contributed by atoms with Crippen molar-refractivity contribution in [3.8, 4) is 0 Å². The molecule has 2 rings (SSSR count). The van der Waals surface area contributed by atoms with E-state index in [1.165, 1.54) is 6.33 Å². The normalized spacial score (nSPS) is 10.4. The van der Waals surface area contributed by atoms with Gasteiger partial charge in [-0.25, -0.2) is 9.97 Å². The summed E-state index contributed by atoms with van der Waals surface area (Å²) in [6.45, 7) is 2.35. The van der Waals surface area contributed by atoms with Gasteiger partial charge in [-0.1, -0.05) is 13.3 Å². The van der Waals surface area contributed by atoms with Crippen LogP contribution in [0, 0.1) is 0 Å². The maximum atomic E-state index is 12.0. The van der Waals surface area contributed by atoms with Crippen molar-refractivity contribution in [2.75, 3.05) is 5.73 Å². The van der Waals surface area contributed by atoms with Gasteiger partial charge in [-0.3, -0.25) is 9.89 Å². The Morgan fingerprint density at radius 1 is 1.47 bits per heavy atom. The first-order valence-electron chi connectivity index (χ1n) is 6.08. The summed E-state index contributed by atoms with van der Waals surface area (Å²) in [6.07, 6.45) is 3.15. The molecule has 0 aliphatic rings. The Kier molecular flexibility index (Phi) is 4.07. The third kappa shape index (κ3) is 3.51. The first kappa shape index (κ1) is 13.0. The van der Waals surface area contributed by atoms with Gasteiger partial charge in [0, 0.05) is 11.3 Å². The maximum absolute atomic E-state index is 12.0. The average molecular weight is 260 g/mol. The minimum atomic E-state index is -0.206. The fourth-order valence-corrected chi connectivity index (χ4v) is 1.71. The first-order chi connectivity index (χ1) is 9.19. The van der Waals surface area contributed by atoms with Crippen LogP contribution in [-0.4, -0.2) is 26.1 Å². The van der Waals surface area contributed by atoms with Crippen LogP contribution in [-0.2, 0) is 13.0 Å². The Balaban J connectivity index is 2.05. The summed E-state index contributed by atoms with van der Waals surface area (Å²) in [5.74, 6) is 0.753. The second-order valence-corrected chi connectivity index (χ2v) is 4.14. The van der Waals surface area contributed by atoms with E-state index in [0.29, 0.717) is 23.8 Å². The van der Waals surface area contributed by atoms with Crippen LogP contribution >= 0.6 is 0 Å². The molecule has 0 saturated heterocycles. The average Bonchev–Trinajstić information content (AvgIpc) is 2.88. The topological polar surface area (TPSA) is 110 Å². The Bertz CT molecular complexity index is 551. The molecule has 0 unspecified atom stereocenters. The molecule has 0 aliphatic carbocycles. The summed E-state index contributed by atoms with van der Waals surface area (Å²) in [7, 11) is 0. The van der Waals surface area contributed by atoms with Crippen LogP contribution < -0.4 is 11.1 Å². The lowest BCUT2D eigenvalue weighted by Gasteiger charge is -2.06. The van der Waals surface area contributed by atoms with Crippen molar-refractivity contribution in [1.29, 1.82) is 0 Å². The summed E-state index contributed by atoms with van der Waals surface area (Å²) >= 11 is 0. The van der Waals surface area contributed by atoms with Crippen LogP contribution in [0.1, 0.15) is 35.2 Å². The van der Waals surface area contributed by atoms with Crippen LogP contribution in [0.2, 0.25) is 0 Å². The van der Waals surface area contributed by atoms with E-state index >= 15 is 0 Å². The molecule has 100 valence electrons. The highest BCUT2D eigenvalue weighted by atomic mass is 16.1. The Labute approximate surface area is 110 Å². The minimum Gasteiger partial charge on any atom is -0.384 e. The number of nitrogens with zero attached hydrogens (tertiary/aromatic N) is 3. The standard InChI is InChI=1S/C12H16N6O/c1-2-3-9-4-8(5-10(13)17-9)12(19)14-6-11-15-7-16-18-11/h4-5,7H,2-3,6H2,1H3,(H2,13,17)(H,14,19)(H,15,16,18). The van der Waals surface area contributed by atoms with E-state index in [-0.39, 0.29) is 5.91 Å². The number of nitrogens with one attached hydrogen (secondary N) is 2. The number of amides is 1. The van der Waals surface area contributed by atoms with Crippen molar-refractivity contribution in [2.24, 2.45) is 0 Å². The molecule has 2 heterocycles. The van der Waals surface area contributed by atoms with Crippen LogP contribution in [0.3, 0.4) is 0 Å². The molecule has 0 saturated carbocycles. The number of nitrogens with two attached hydrogens (primary N) is 1. The zero-order valence-electron chi connectivity index (χ0n) is 10.7. The summed E-state index contributed by atoms with van der Waals surface area (Å²) in [5, 5.41) is 9.12. The first-order valence-corrected chi connectivity index (χ1v) is 6.08. The van der Waals surface area contributed by atoms with Gasteiger partial charge in [0.15, 0.2) is 0 Å². The molecule has 0 radical (unpaired) electrons. The zero-order valence-corrected chi connectivity index (χ0v) is 10.7. The number of aryl methyl sites for hydroxylation is 1. The van der Waals surface area contributed by atoms with Gasteiger partial charge in [0.25, 0.3) is 5.91 Å². The SMILES string of the molecule is CCCc1cc(C(=O)NCc2ncn[nH]2)cc(N)n1. The summed E-state index contributed by atoms with van der Waals surface area (Å²) in [5.41, 5.74) is 7.03. The van der Waals surface area contributed by atoms with E-state index in [1.807, 2.05) is 0 Å². The van der Waals surface area contributed by atoms with Crippen LogP contribution in [0.4, 0.5) is 5.82 Å². The highest BCUT2D eigenvalue weighted by Gasteiger charge is 2.09. The lowest BCUT2D eigenvalue weighted by Crippen LogP contribution is -2.24. The monoisotopic (exact) mass is 260 g/mol. The number of H-pyrrole nitrogens is 1. The third-order valence-electron chi connectivity index (χ3n) is 2.55. The molecular formula is C12H16N6O. The number of rotatable bonds is 5. The van der Waals surface area contributed by atoms with Crippen molar-refractivity contribution in [3.05, 3.63) is 35.5 Å². The molecular weight excluding hydrogens is 244 g/mol. The van der Waals surface area contributed by atoms with Crippen molar-refractivity contribution in [1.82, 2.24) is 25.5 Å². The molecule has 2 aromatic rings. The Hall–Kier alpha value is -2.44. The smallest absolute Gasteiger partial charge is 0.251 e. The molecule has 7 nitrogen and oxygen atoms in total.